The van der Waals surface area contributed by atoms with Crippen LogP contribution in [0, 0.1) is 11.3 Å². The number of anilines is 3. The number of hydrogen-bond donors (Lipinski definition) is 1. The minimum absolute atomic E-state index is 0.230. The predicted octanol–water partition coefficient (Wildman–Crippen LogP) is 2.57. The van der Waals surface area contributed by atoms with Gasteiger partial charge in [0.25, 0.3) is 0 Å². The van der Waals surface area contributed by atoms with Crippen LogP contribution in [0.3, 0.4) is 0 Å². The SMILES string of the molecule is CCN(c1ccccc1)c1cc(NCC#N)ncn1. The lowest BCUT2D eigenvalue weighted by molar-refractivity contribution is 0.975. The van der Waals surface area contributed by atoms with Crippen molar-refractivity contribution in [3.05, 3.63) is 42.7 Å². The zero-order chi connectivity index (χ0) is 13.5. The molecule has 0 saturated heterocycles. The lowest BCUT2D eigenvalue weighted by Gasteiger charge is -2.22. The molecule has 0 aliphatic carbocycles. The van der Waals surface area contributed by atoms with Crippen molar-refractivity contribution in [2.75, 3.05) is 23.3 Å². The van der Waals surface area contributed by atoms with Gasteiger partial charge < -0.3 is 10.2 Å². The quantitative estimate of drug-likeness (QED) is 0.830. The van der Waals surface area contributed by atoms with Crippen molar-refractivity contribution in [3.63, 3.8) is 0 Å². The summed E-state index contributed by atoms with van der Waals surface area (Å²) in [6.45, 7) is 3.10. The van der Waals surface area contributed by atoms with Crippen LogP contribution in [0.4, 0.5) is 17.3 Å². The van der Waals surface area contributed by atoms with Crippen LogP contribution in [0.2, 0.25) is 0 Å². The van der Waals surface area contributed by atoms with Crippen molar-refractivity contribution in [2.45, 2.75) is 6.92 Å². The Morgan fingerprint density at radius 2 is 2.05 bits per heavy atom. The summed E-state index contributed by atoms with van der Waals surface area (Å²) < 4.78 is 0. The Morgan fingerprint density at radius 3 is 2.74 bits per heavy atom. The Morgan fingerprint density at radius 1 is 1.26 bits per heavy atom. The van der Waals surface area contributed by atoms with Crippen LogP contribution in [0.5, 0.6) is 0 Å². The van der Waals surface area contributed by atoms with Crippen LogP contribution in [-0.2, 0) is 0 Å². The molecule has 0 bridgehead atoms. The van der Waals surface area contributed by atoms with E-state index in [-0.39, 0.29) is 6.54 Å². The second-order valence-electron chi connectivity index (χ2n) is 3.85. The molecule has 0 aliphatic heterocycles. The molecular weight excluding hydrogens is 238 g/mol. The zero-order valence-electron chi connectivity index (χ0n) is 10.7. The normalized spacial score (nSPS) is 9.68. The first kappa shape index (κ1) is 12.8. The minimum atomic E-state index is 0.230. The molecular formula is C14H15N5. The monoisotopic (exact) mass is 253 g/mol. The topological polar surface area (TPSA) is 64.8 Å². The van der Waals surface area contributed by atoms with E-state index in [0.717, 1.165) is 18.1 Å². The van der Waals surface area contributed by atoms with E-state index in [1.165, 1.54) is 6.33 Å². The summed E-state index contributed by atoms with van der Waals surface area (Å²) in [5, 5.41) is 11.5. The number of rotatable bonds is 5. The average molecular weight is 253 g/mol. The Balaban J connectivity index is 2.26. The van der Waals surface area contributed by atoms with E-state index in [1.807, 2.05) is 42.5 Å². The van der Waals surface area contributed by atoms with Gasteiger partial charge in [-0.25, -0.2) is 9.97 Å². The standard InChI is InChI=1S/C14H15N5/c1-2-19(12-6-4-3-5-7-12)14-10-13(16-9-8-15)17-11-18-14/h3-7,10-11H,2,9H2,1H3,(H,16,17,18). The molecule has 0 radical (unpaired) electrons. The third kappa shape index (κ3) is 3.19. The van der Waals surface area contributed by atoms with Gasteiger partial charge in [0.05, 0.1) is 6.07 Å². The van der Waals surface area contributed by atoms with E-state index in [1.54, 1.807) is 0 Å². The molecule has 2 aromatic rings. The first-order valence-electron chi connectivity index (χ1n) is 6.10. The Hall–Kier alpha value is -2.61. The first-order chi connectivity index (χ1) is 9.35. The second-order valence-corrected chi connectivity index (χ2v) is 3.85. The molecule has 0 unspecified atom stereocenters. The van der Waals surface area contributed by atoms with E-state index in [9.17, 15) is 0 Å². The van der Waals surface area contributed by atoms with Gasteiger partial charge in [0.15, 0.2) is 0 Å². The number of aromatic nitrogens is 2. The second kappa shape index (κ2) is 6.36. The maximum absolute atomic E-state index is 8.56. The summed E-state index contributed by atoms with van der Waals surface area (Å²) in [4.78, 5) is 10.5. The third-order valence-corrected chi connectivity index (χ3v) is 2.66. The molecule has 0 amide bonds. The Kier molecular flexibility index (Phi) is 4.29. The van der Waals surface area contributed by atoms with Crippen LogP contribution < -0.4 is 10.2 Å². The van der Waals surface area contributed by atoms with Gasteiger partial charge in [0, 0.05) is 18.3 Å². The number of para-hydroxylation sites is 1. The molecule has 96 valence electrons. The van der Waals surface area contributed by atoms with Gasteiger partial charge in [-0.2, -0.15) is 5.26 Å². The highest BCUT2D eigenvalue weighted by Crippen LogP contribution is 2.23. The van der Waals surface area contributed by atoms with Crippen LogP contribution in [0.1, 0.15) is 6.92 Å². The maximum atomic E-state index is 8.56. The molecule has 0 fully saturated rings. The van der Waals surface area contributed by atoms with Crippen molar-refractivity contribution in [1.29, 1.82) is 5.26 Å². The fraction of sp³-hybridized carbons (Fsp3) is 0.214. The van der Waals surface area contributed by atoms with Crippen molar-refractivity contribution in [3.8, 4) is 6.07 Å². The molecule has 1 aromatic heterocycles. The van der Waals surface area contributed by atoms with Crippen LogP contribution >= 0.6 is 0 Å². The molecule has 1 heterocycles. The maximum Gasteiger partial charge on any atom is 0.138 e. The van der Waals surface area contributed by atoms with Gasteiger partial charge in [-0.1, -0.05) is 18.2 Å². The van der Waals surface area contributed by atoms with Crippen molar-refractivity contribution in [2.24, 2.45) is 0 Å². The molecule has 5 heteroatoms. The molecule has 1 N–H and O–H groups in total. The van der Waals surface area contributed by atoms with Gasteiger partial charge in [0.1, 0.15) is 24.5 Å². The molecule has 1 aromatic carbocycles. The lowest BCUT2D eigenvalue weighted by atomic mass is 10.3. The van der Waals surface area contributed by atoms with Gasteiger partial charge in [0.2, 0.25) is 0 Å². The molecule has 0 atom stereocenters. The van der Waals surface area contributed by atoms with E-state index in [4.69, 9.17) is 5.26 Å². The lowest BCUT2D eigenvalue weighted by Crippen LogP contribution is -2.17. The van der Waals surface area contributed by atoms with Gasteiger partial charge in [-0.15, -0.1) is 0 Å². The van der Waals surface area contributed by atoms with Crippen LogP contribution in [0.15, 0.2) is 42.7 Å². The van der Waals surface area contributed by atoms with Crippen LogP contribution in [-0.4, -0.2) is 23.1 Å². The fourth-order valence-corrected chi connectivity index (χ4v) is 1.81. The highest BCUT2D eigenvalue weighted by Gasteiger charge is 2.09. The van der Waals surface area contributed by atoms with Gasteiger partial charge in [-0.05, 0) is 19.1 Å². The molecule has 0 spiro atoms. The average Bonchev–Trinajstić information content (AvgIpc) is 2.47. The molecule has 5 nitrogen and oxygen atoms in total. The number of nitrogens with zero attached hydrogens (tertiary/aromatic N) is 4. The smallest absolute Gasteiger partial charge is 0.138 e. The first-order valence-corrected chi connectivity index (χ1v) is 6.10. The van der Waals surface area contributed by atoms with Crippen LogP contribution in [0.25, 0.3) is 0 Å². The minimum Gasteiger partial charge on any atom is -0.357 e. The predicted molar refractivity (Wildman–Crippen MR) is 75.3 cm³/mol. The molecule has 0 aliphatic rings. The number of nitriles is 1. The Bertz CT molecular complexity index is 562. The third-order valence-electron chi connectivity index (χ3n) is 2.66. The summed E-state index contributed by atoms with van der Waals surface area (Å²) >= 11 is 0. The number of nitrogens with one attached hydrogen (secondary N) is 1. The van der Waals surface area contributed by atoms with Gasteiger partial charge >= 0.3 is 0 Å². The largest absolute Gasteiger partial charge is 0.357 e. The van der Waals surface area contributed by atoms with Crippen molar-refractivity contribution < 1.29 is 0 Å². The zero-order valence-corrected chi connectivity index (χ0v) is 10.7. The highest BCUT2D eigenvalue weighted by molar-refractivity contribution is 5.61. The van der Waals surface area contributed by atoms with E-state index >= 15 is 0 Å². The fourth-order valence-electron chi connectivity index (χ4n) is 1.81. The van der Waals surface area contributed by atoms with Crippen molar-refractivity contribution in [1.82, 2.24) is 9.97 Å². The van der Waals surface area contributed by atoms with E-state index in [0.29, 0.717) is 5.82 Å². The summed E-state index contributed by atoms with van der Waals surface area (Å²) in [5.41, 5.74) is 1.08. The summed E-state index contributed by atoms with van der Waals surface area (Å²) in [5.74, 6) is 1.46. The summed E-state index contributed by atoms with van der Waals surface area (Å²) in [7, 11) is 0. The Labute approximate surface area is 112 Å². The highest BCUT2D eigenvalue weighted by atomic mass is 15.2. The van der Waals surface area contributed by atoms with E-state index < -0.39 is 0 Å². The number of hydrogen-bond acceptors (Lipinski definition) is 5. The molecule has 2 rings (SSSR count). The summed E-state index contributed by atoms with van der Waals surface area (Å²) in [6.07, 6.45) is 1.50. The van der Waals surface area contributed by atoms with E-state index in [2.05, 4.69) is 27.1 Å². The number of benzene rings is 1. The molecule has 0 saturated carbocycles. The van der Waals surface area contributed by atoms with Gasteiger partial charge in [-0.3, -0.25) is 0 Å². The van der Waals surface area contributed by atoms with Crippen molar-refractivity contribution >= 4 is 17.3 Å². The summed E-state index contributed by atoms with van der Waals surface area (Å²) in [6, 6.07) is 13.9. The molecule has 19 heavy (non-hydrogen) atoms.